The van der Waals surface area contributed by atoms with Gasteiger partial charge in [-0.15, -0.1) is 12.4 Å². The zero-order valence-corrected chi connectivity index (χ0v) is 7.84. The van der Waals surface area contributed by atoms with Crippen molar-refractivity contribution in [1.82, 2.24) is 0 Å². The summed E-state index contributed by atoms with van der Waals surface area (Å²) < 4.78 is 0. The lowest BCUT2D eigenvalue weighted by Crippen LogP contribution is -2.31. The van der Waals surface area contributed by atoms with E-state index in [0.717, 1.165) is 18.7 Å². The number of nitrogens with one attached hydrogen (secondary N) is 1. The highest BCUT2D eigenvalue weighted by Gasteiger charge is 2.20. The molecular weight excluding hydrogens is 188 g/mol. The first kappa shape index (κ1) is 10.4. The number of anilines is 1. The fraction of sp³-hybridized carbons (Fsp3) is 0.250. The van der Waals surface area contributed by atoms with Gasteiger partial charge in [0.15, 0.2) is 0 Å². The lowest BCUT2D eigenvalue weighted by Gasteiger charge is -2.06. The first-order valence-electron chi connectivity index (χ1n) is 4.01. The lowest BCUT2D eigenvalue weighted by atomic mass is 9.78. The van der Waals surface area contributed by atoms with Crippen molar-refractivity contribution in [3.63, 3.8) is 0 Å². The van der Waals surface area contributed by atoms with Crippen LogP contribution >= 0.6 is 12.4 Å². The van der Waals surface area contributed by atoms with Gasteiger partial charge in [-0.25, -0.2) is 0 Å². The molecule has 0 aromatic heterocycles. The van der Waals surface area contributed by atoms with Crippen LogP contribution in [-0.4, -0.2) is 23.7 Å². The van der Waals surface area contributed by atoms with Gasteiger partial charge in [-0.2, -0.15) is 0 Å². The first-order valence-corrected chi connectivity index (χ1v) is 4.01. The molecule has 1 aromatic carbocycles. The Balaban J connectivity index is 0.000000845. The van der Waals surface area contributed by atoms with Crippen LogP contribution in [0.5, 0.6) is 0 Å². The minimum atomic E-state index is -1.37. The van der Waals surface area contributed by atoms with E-state index < -0.39 is 7.12 Å². The summed E-state index contributed by atoms with van der Waals surface area (Å²) in [4.78, 5) is 0. The van der Waals surface area contributed by atoms with Crippen molar-refractivity contribution in [3.05, 3.63) is 23.8 Å². The molecule has 13 heavy (non-hydrogen) atoms. The number of fused-ring (bicyclic) bond motifs is 1. The normalized spacial score (nSPS) is 12.8. The van der Waals surface area contributed by atoms with Crippen LogP contribution in [0.2, 0.25) is 0 Å². The second kappa shape index (κ2) is 4.00. The van der Waals surface area contributed by atoms with Gasteiger partial charge in [0.25, 0.3) is 0 Å². The number of benzene rings is 1. The molecule has 1 aliphatic rings. The van der Waals surface area contributed by atoms with Crippen molar-refractivity contribution in [2.45, 2.75) is 6.42 Å². The average molecular weight is 199 g/mol. The van der Waals surface area contributed by atoms with Crippen molar-refractivity contribution >= 4 is 30.7 Å². The van der Waals surface area contributed by atoms with Gasteiger partial charge in [0, 0.05) is 17.7 Å². The smallest absolute Gasteiger partial charge is 0.423 e. The van der Waals surface area contributed by atoms with E-state index in [1.165, 1.54) is 5.56 Å². The van der Waals surface area contributed by atoms with Crippen LogP contribution in [-0.2, 0) is 6.42 Å². The van der Waals surface area contributed by atoms with Gasteiger partial charge in [-0.3, -0.25) is 0 Å². The Labute approximate surface area is 83.3 Å². The highest BCUT2D eigenvalue weighted by molar-refractivity contribution is 6.60. The summed E-state index contributed by atoms with van der Waals surface area (Å²) in [7, 11) is -1.37. The molecule has 0 unspecified atom stereocenters. The molecule has 70 valence electrons. The summed E-state index contributed by atoms with van der Waals surface area (Å²) in [6.45, 7) is 0.888. The van der Waals surface area contributed by atoms with Crippen molar-refractivity contribution in [3.8, 4) is 0 Å². The molecule has 0 spiro atoms. The standard InChI is InChI=1S/C8H10BNO2.ClH/c11-9(12)7-3-1-2-6-4-5-10-8(6)7;/h1-3,10-12H,4-5H2;1H. The van der Waals surface area contributed by atoms with E-state index in [1.807, 2.05) is 12.1 Å². The molecule has 0 aliphatic carbocycles. The van der Waals surface area contributed by atoms with Gasteiger partial charge in [0.2, 0.25) is 0 Å². The molecule has 1 aromatic rings. The lowest BCUT2D eigenvalue weighted by molar-refractivity contribution is 0.426. The van der Waals surface area contributed by atoms with E-state index in [1.54, 1.807) is 6.07 Å². The Morgan fingerprint density at radius 3 is 2.77 bits per heavy atom. The van der Waals surface area contributed by atoms with Crippen LogP contribution in [0.3, 0.4) is 0 Å². The number of hydrogen-bond donors (Lipinski definition) is 3. The maximum atomic E-state index is 9.00. The fourth-order valence-electron chi connectivity index (χ4n) is 1.58. The maximum Gasteiger partial charge on any atom is 0.490 e. The Morgan fingerprint density at radius 1 is 1.31 bits per heavy atom. The van der Waals surface area contributed by atoms with Crippen molar-refractivity contribution in [2.24, 2.45) is 0 Å². The highest BCUT2D eigenvalue weighted by atomic mass is 35.5. The van der Waals surface area contributed by atoms with Gasteiger partial charge >= 0.3 is 7.12 Å². The van der Waals surface area contributed by atoms with Gasteiger partial charge in [0.1, 0.15) is 0 Å². The predicted octanol–water partition coefficient (Wildman–Crippen LogP) is -0.244. The largest absolute Gasteiger partial charge is 0.490 e. The SMILES string of the molecule is Cl.OB(O)c1cccc2c1NCC2. The molecule has 0 saturated heterocycles. The Kier molecular flexibility index (Phi) is 3.19. The summed E-state index contributed by atoms with van der Waals surface area (Å²) in [6.07, 6.45) is 0.968. The molecule has 1 heterocycles. The van der Waals surface area contributed by atoms with Crippen molar-refractivity contribution in [1.29, 1.82) is 0 Å². The predicted molar refractivity (Wildman–Crippen MR) is 55.7 cm³/mol. The second-order valence-corrected chi connectivity index (χ2v) is 2.93. The van der Waals surface area contributed by atoms with E-state index in [0.29, 0.717) is 5.46 Å². The Bertz CT molecular complexity index is 306. The summed E-state index contributed by atoms with van der Waals surface area (Å²) >= 11 is 0. The van der Waals surface area contributed by atoms with Crippen molar-refractivity contribution < 1.29 is 10.0 Å². The zero-order valence-electron chi connectivity index (χ0n) is 7.03. The monoisotopic (exact) mass is 199 g/mol. The third-order valence-corrected chi connectivity index (χ3v) is 2.16. The summed E-state index contributed by atoms with van der Waals surface area (Å²) in [5.74, 6) is 0. The third kappa shape index (κ3) is 1.80. The van der Waals surface area contributed by atoms with Crippen LogP contribution in [0.1, 0.15) is 5.56 Å². The molecular formula is C8H11BClNO2. The summed E-state index contributed by atoms with van der Waals surface area (Å²) in [5.41, 5.74) is 2.64. The van der Waals surface area contributed by atoms with E-state index >= 15 is 0 Å². The maximum absolute atomic E-state index is 9.00. The molecule has 3 N–H and O–H groups in total. The molecule has 0 saturated carbocycles. The average Bonchev–Trinajstić information content (AvgIpc) is 2.49. The quantitative estimate of drug-likeness (QED) is 0.547. The van der Waals surface area contributed by atoms with Crippen LogP contribution in [0, 0.1) is 0 Å². The van der Waals surface area contributed by atoms with E-state index in [2.05, 4.69) is 5.32 Å². The van der Waals surface area contributed by atoms with E-state index in [-0.39, 0.29) is 12.4 Å². The van der Waals surface area contributed by atoms with Gasteiger partial charge < -0.3 is 15.4 Å². The van der Waals surface area contributed by atoms with Crippen LogP contribution in [0.25, 0.3) is 0 Å². The molecule has 0 radical (unpaired) electrons. The summed E-state index contributed by atoms with van der Waals surface area (Å²) in [6, 6.07) is 5.57. The van der Waals surface area contributed by atoms with Gasteiger partial charge in [0.05, 0.1) is 0 Å². The minimum absolute atomic E-state index is 0. The number of para-hydroxylation sites is 1. The highest BCUT2D eigenvalue weighted by Crippen LogP contribution is 2.19. The zero-order chi connectivity index (χ0) is 8.55. The molecule has 0 amide bonds. The summed E-state index contributed by atoms with van der Waals surface area (Å²) in [5, 5.41) is 21.1. The molecule has 1 aliphatic heterocycles. The van der Waals surface area contributed by atoms with Crippen LogP contribution in [0.15, 0.2) is 18.2 Å². The van der Waals surface area contributed by atoms with Crippen LogP contribution in [0.4, 0.5) is 5.69 Å². The molecule has 3 nitrogen and oxygen atoms in total. The third-order valence-electron chi connectivity index (χ3n) is 2.16. The number of hydrogen-bond acceptors (Lipinski definition) is 3. The van der Waals surface area contributed by atoms with Gasteiger partial charge in [-0.05, 0) is 12.0 Å². The molecule has 0 fully saturated rings. The molecule has 0 atom stereocenters. The van der Waals surface area contributed by atoms with Crippen molar-refractivity contribution in [2.75, 3.05) is 11.9 Å². The second-order valence-electron chi connectivity index (χ2n) is 2.93. The van der Waals surface area contributed by atoms with E-state index in [4.69, 9.17) is 10.0 Å². The van der Waals surface area contributed by atoms with Crippen LogP contribution < -0.4 is 10.8 Å². The molecule has 5 heteroatoms. The minimum Gasteiger partial charge on any atom is -0.423 e. The Morgan fingerprint density at radius 2 is 2.08 bits per heavy atom. The number of rotatable bonds is 1. The van der Waals surface area contributed by atoms with E-state index in [9.17, 15) is 0 Å². The van der Waals surface area contributed by atoms with Gasteiger partial charge in [-0.1, -0.05) is 18.2 Å². The number of halogens is 1. The Hall–Kier alpha value is -0.705. The first-order chi connectivity index (χ1) is 5.79. The molecule has 0 bridgehead atoms. The topological polar surface area (TPSA) is 52.5 Å². The molecule has 2 rings (SSSR count). The fourth-order valence-corrected chi connectivity index (χ4v) is 1.58.